The van der Waals surface area contributed by atoms with Gasteiger partial charge in [0.25, 0.3) is 0 Å². The van der Waals surface area contributed by atoms with Crippen molar-refractivity contribution < 1.29 is 13.9 Å². The molecule has 0 saturated heterocycles. The Hall–Kier alpha value is -1.39. The van der Waals surface area contributed by atoms with Crippen LogP contribution < -0.4 is 5.32 Å². The van der Waals surface area contributed by atoms with Gasteiger partial charge in [-0.05, 0) is 37.2 Å². The van der Waals surface area contributed by atoms with Crippen LogP contribution in [0, 0.1) is 0 Å². The van der Waals surface area contributed by atoms with Crippen LogP contribution in [0.15, 0.2) is 34.9 Å². The molecule has 0 aliphatic rings. The predicted octanol–water partition coefficient (Wildman–Crippen LogP) is 2.59. The number of nitrogens with one attached hydrogen (secondary N) is 1. The molecule has 0 amide bonds. The fraction of sp³-hybridized carbons (Fsp3) is 0.429. The van der Waals surface area contributed by atoms with E-state index in [4.69, 9.17) is 4.42 Å². The van der Waals surface area contributed by atoms with E-state index < -0.39 is 11.7 Å². The minimum Gasteiger partial charge on any atom is -0.464 e. The molecule has 0 fully saturated rings. The molecule has 3 nitrogen and oxygen atoms in total. The number of furan rings is 1. The minimum absolute atomic E-state index is 0.246. The van der Waals surface area contributed by atoms with E-state index >= 15 is 0 Å². The van der Waals surface area contributed by atoms with Gasteiger partial charge in [0.15, 0.2) is 5.67 Å². The Morgan fingerprint density at radius 2 is 2.22 bits per heavy atom. The maximum Gasteiger partial charge on any atom is 0.150 e. The summed E-state index contributed by atoms with van der Waals surface area (Å²) in [6.45, 7) is 3.73. The third-order valence-electron chi connectivity index (χ3n) is 3.30. The average molecular weight is 251 g/mol. The molecular formula is C14H18FNO2. The molecule has 2 atom stereocenters. The first-order chi connectivity index (χ1) is 8.59. The minimum atomic E-state index is -1.63. The van der Waals surface area contributed by atoms with E-state index in [0.29, 0.717) is 12.1 Å². The van der Waals surface area contributed by atoms with Gasteiger partial charge in [0.1, 0.15) is 5.58 Å². The summed E-state index contributed by atoms with van der Waals surface area (Å²) in [6.07, 6.45) is 1.58. The summed E-state index contributed by atoms with van der Waals surface area (Å²) in [5, 5.41) is 13.1. The number of hydrogen-bond acceptors (Lipinski definition) is 3. The fourth-order valence-corrected chi connectivity index (χ4v) is 2.15. The Kier molecular flexibility index (Phi) is 3.68. The predicted molar refractivity (Wildman–Crippen MR) is 69.2 cm³/mol. The van der Waals surface area contributed by atoms with E-state index in [0.717, 1.165) is 11.0 Å². The Morgan fingerprint density at radius 1 is 1.44 bits per heavy atom. The number of aliphatic hydroxyl groups excluding tert-OH is 1. The van der Waals surface area contributed by atoms with Gasteiger partial charge in [0.05, 0.1) is 18.9 Å². The normalized spacial score (nSPS) is 16.7. The van der Waals surface area contributed by atoms with Crippen molar-refractivity contribution in [3.63, 3.8) is 0 Å². The molecule has 18 heavy (non-hydrogen) atoms. The van der Waals surface area contributed by atoms with Crippen LogP contribution in [0.4, 0.5) is 4.39 Å². The van der Waals surface area contributed by atoms with Gasteiger partial charge in [-0.3, -0.25) is 0 Å². The molecule has 1 aromatic carbocycles. The van der Waals surface area contributed by atoms with Crippen LogP contribution in [0.1, 0.15) is 19.4 Å². The molecule has 1 aromatic heterocycles. The molecule has 0 aliphatic heterocycles. The van der Waals surface area contributed by atoms with Crippen molar-refractivity contribution in [1.29, 1.82) is 0 Å². The van der Waals surface area contributed by atoms with E-state index in [1.54, 1.807) is 30.5 Å². The quantitative estimate of drug-likeness (QED) is 0.858. The number of halogens is 1. The number of benzene rings is 1. The second kappa shape index (κ2) is 5.08. The lowest BCUT2D eigenvalue weighted by Gasteiger charge is -2.30. The number of alkyl halides is 1. The summed E-state index contributed by atoms with van der Waals surface area (Å²) in [4.78, 5) is 0. The van der Waals surface area contributed by atoms with E-state index in [9.17, 15) is 9.50 Å². The van der Waals surface area contributed by atoms with Crippen LogP contribution in [-0.2, 0) is 5.67 Å². The van der Waals surface area contributed by atoms with Crippen molar-refractivity contribution in [2.24, 2.45) is 0 Å². The first-order valence-corrected chi connectivity index (χ1v) is 6.10. The first kappa shape index (κ1) is 13.1. The highest BCUT2D eigenvalue weighted by Gasteiger charge is 2.35. The summed E-state index contributed by atoms with van der Waals surface area (Å²) in [5.41, 5.74) is -0.356. The van der Waals surface area contributed by atoms with Crippen LogP contribution in [0.2, 0.25) is 0 Å². The zero-order valence-electron chi connectivity index (χ0n) is 10.6. The van der Waals surface area contributed by atoms with Crippen LogP contribution >= 0.6 is 0 Å². The molecule has 0 bridgehead atoms. The van der Waals surface area contributed by atoms with Crippen LogP contribution in [-0.4, -0.2) is 24.3 Å². The molecule has 0 saturated carbocycles. The van der Waals surface area contributed by atoms with Crippen molar-refractivity contribution in [3.8, 4) is 0 Å². The highest BCUT2D eigenvalue weighted by Crippen LogP contribution is 2.31. The highest BCUT2D eigenvalue weighted by molar-refractivity contribution is 5.78. The van der Waals surface area contributed by atoms with Crippen LogP contribution in [0.5, 0.6) is 0 Å². The number of hydrogen-bond donors (Lipinski definition) is 2. The average Bonchev–Trinajstić information content (AvgIpc) is 2.82. The second-order valence-corrected chi connectivity index (χ2v) is 4.54. The van der Waals surface area contributed by atoms with Gasteiger partial charge in [-0.2, -0.15) is 0 Å². The van der Waals surface area contributed by atoms with E-state index in [2.05, 4.69) is 5.32 Å². The Morgan fingerprint density at radius 3 is 2.89 bits per heavy atom. The summed E-state index contributed by atoms with van der Waals surface area (Å²) in [7, 11) is 0. The molecule has 0 radical (unpaired) electrons. The monoisotopic (exact) mass is 251 g/mol. The molecular weight excluding hydrogens is 233 g/mol. The second-order valence-electron chi connectivity index (χ2n) is 4.54. The van der Waals surface area contributed by atoms with Crippen LogP contribution in [0.25, 0.3) is 11.0 Å². The molecule has 0 spiro atoms. The number of rotatable bonds is 5. The SMILES string of the molecule is CCNC(CO)C(C)(F)c1ccc2occc2c1. The van der Waals surface area contributed by atoms with Gasteiger partial charge >= 0.3 is 0 Å². The Labute approximate surface area is 106 Å². The van der Waals surface area contributed by atoms with Gasteiger partial charge in [-0.1, -0.05) is 13.0 Å². The smallest absolute Gasteiger partial charge is 0.150 e. The van der Waals surface area contributed by atoms with Crippen molar-refractivity contribution in [2.45, 2.75) is 25.6 Å². The summed E-state index contributed by atoms with van der Waals surface area (Å²) in [6, 6.07) is 6.40. The van der Waals surface area contributed by atoms with E-state index in [1.807, 2.05) is 6.92 Å². The molecule has 2 unspecified atom stereocenters. The summed E-state index contributed by atoms with van der Waals surface area (Å²) in [5.74, 6) is 0. The van der Waals surface area contributed by atoms with Crippen molar-refractivity contribution in [3.05, 3.63) is 36.1 Å². The topological polar surface area (TPSA) is 45.4 Å². The zero-order chi connectivity index (χ0) is 13.2. The molecule has 1 heterocycles. The summed E-state index contributed by atoms with van der Waals surface area (Å²) >= 11 is 0. The standard InChI is InChI=1S/C14H18FNO2/c1-3-16-13(9-17)14(2,15)11-4-5-12-10(8-11)6-7-18-12/h4-8,13,16-17H,3,9H2,1-2H3. The lowest BCUT2D eigenvalue weighted by molar-refractivity contribution is 0.0820. The van der Waals surface area contributed by atoms with Crippen molar-refractivity contribution in [2.75, 3.05) is 13.2 Å². The number of aliphatic hydroxyl groups is 1. The van der Waals surface area contributed by atoms with E-state index in [-0.39, 0.29) is 6.61 Å². The molecule has 4 heteroatoms. The van der Waals surface area contributed by atoms with Gasteiger partial charge in [-0.25, -0.2) is 4.39 Å². The lowest BCUT2D eigenvalue weighted by atomic mass is 9.89. The van der Waals surface area contributed by atoms with E-state index in [1.165, 1.54) is 6.92 Å². The molecule has 2 aromatic rings. The van der Waals surface area contributed by atoms with Crippen molar-refractivity contribution in [1.82, 2.24) is 5.32 Å². The third kappa shape index (κ3) is 2.26. The molecule has 0 aliphatic carbocycles. The summed E-state index contributed by atoms with van der Waals surface area (Å²) < 4.78 is 20.1. The number of likely N-dealkylation sites (N-methyl/N-ethyl adjacent to an activating group) is 1. The van der Waals surface area contributed by atoms with Gasteiger partial charge in [-0.15, -0.1) is 0 Å². The molecule has 2 N–H and O–H groups in total. The Balaban J connectivity index is 2.37. The van der Waals surface area contributed by atoms with Crippen LogP contribution in [0.3, 0.4) is 0 Å². The zero-order valence-corrected chi connectivity index (χ0v) is 10.6. The van der Waals surface area contributed by atoms with Crippen molar-refractivity contribution >= 4 is 11.0 Å². The van der Waals surface area contributed by atoms with Gasteiger partial charge in [0.2, 0.25) is 0 Å². The number of fused-ring (bicyclic) bond motifs is 1. The first-order valence-electron chi connectivity index (χ1n) is 6.10. The maximum atomic E-state index is 14.9. The lowest BCUT2D eigenvalue weighted by Crippen LogP contribution is -2.46. The largest absolute Gasteiger partial charge is 0.464 e. The van der Waals surface area contributed by atoms with Gasteiger partial charge < -0.3 is 14.8 Å². The fourth-order valence-electron chi connectivity index (χ4n) is 2.15. The molecule has 2 rings (SSSR count). The molecule has 98 valence electrons. The Bertz CT molecular complexity index is 521. The maximum absolute atomic E-state index is 14.9. The third-order valence-corrected chi connectivity index (χ3v) is 3.30. The van der Waals surface area contributed by atoms with Gasteiger partial charge in [0, 0.05) is 5.39 Å². The highest BCUT2D eigenvalue weighted by atomic mass is 19.1.